The smallest absolute Gasteiger partial charge is 0.411 e. The first-order valence-electron chi connectivity index (χ1n) is 24.0. The molecule has 4 amide bonds. The maximum Gasteiger partial charge on any atom is 0.411 e. The van der Waals surface area contributed by atoms with E-state index in [1.807, 2.05) is 0 Å². The van der Waals surface area contributed by atoms with Gasteiger partial charge in [-0.2, -0.15) is 39.5 Å². The number of nitrogens with zero attached hydrogens (tertiary/aromatic N) is 4. The van der Waals surface area contributed by atoms with Gasteiger partial charge < -0.3 is 8.83 Å². The third kappa shape index (κ3) is 7.48. The predicted molar refractivity (Wildman–Crippen MR) is 270 cm³/mol. The molecule has 78 heavy (non-hydrogen) atoms. The van der Waals surface area contributed by atoms with Gasteiger partial charge in [-0.15, -0.1) is 0 Å². The van der Waals surface area contributed by atoms with Gasteiger partial charge in [-0.3, -0.25) is 19.2 Å². The van der Waals surface area contributed by atoms with Gasteiger partial charge in [0.1, 0.15) is 16.4 Å². The molecule has 19 heteroatoms. The second kappa shape index (κ2) is 17.3. The average molecular weight is 1070 g/mol. The molecule has 11 rings (SSSR count). The molecular weight excluding hydrogens is 1030 g/mol. The van der Waals surface area contributed by atoms with Gasteiger partial charge in [-0.05, 0) is 163 Å². The van der Waals surface area contributed by atoms with Gasteiger partial charge >= 0.3 is 18.5 Å². The van der Waals surface area contributed by atoms with Crippen LogP contribution in [-0.2, 0) is 10.8 Å². The van der Waals surface area contributed by atoms with Crippen LogP contribution in [-0.4, -0.2) is 52.1 Å². The number of fused-ring (bicyclic) bond motifs is 4. The van der Waals surface area contributed by atoms with Gasteiger partial charge in [0.25, 0.3) is 23.6 Å². The largest absolute Gasteiger partial charge is 0.441 e. The average Bonchev–Trinajstić information content (AvgIpc) is 3.87. The summed E-state index contributed by atoms with van der Waals surface area (Å²) in [5, 5.41) is 0. The molecular formula is C59H39F9N4O6. The maximum absolute atomic E-state index is 15.7. The molecule has 1 unspecified atom stereocenters. The van der Waals surface area contributed by atoms with Crippen LogP contribution in [0.1, 0.15) is 98.8 Å². The summed E-state index contributed by atoms with van der Waals surface area (Å²) in [6, 6.07) is 25.3. The zero-order valence-corrected chi connectivity index (χ0v) is 41.8. The summed E-state index contributed by atoms with van der Waals surface area (Å²) in [5.41, 5.74) is -8.22. The van der Waals surface area contributed by atoms with Crippen LogP contribution in [0.5, 0.6) is 0 Å². The third-order valence-corrected chi connectivity index (χ3v) is 15.2. The number of alkyl halides is 9. The quantitative estimate of drug-likeness (QED) is 0.109. The van der Waals surface area contributed by atoms with Crippen molar-refractivity contribution in [1.82, 2.24) is 9.97 Å². The van der Waals surface area contributed by atoms with Gasteiger partial charge in [0.15, 0.2) is 17.1 Å². The second-order valence-corrected chi connectivity index (χ2v) is 19.6. The number of imide groups is 2. The molecule has 0 N–H and O–H groups in total. The highest BCUT2D eigenvalue weighted by atomic mass is 19.4. The highest BCUT2D eigenvalue weighted by Crippen LogP contribution is 2.57. The number of carbonyl (C=O) groups is 4. The highest BCUT2D eigenvalue weighted by molar-refractivity contribution is 6.35. The lowest BCUT2D eigenvalue weighted by Gasteiger charge is -2.38. The molecule has 0 radical (unpaired) electrons. The minimum atomic E-state index is -6.18. The molecule has 0 aliphatic carbocycles. The Kier molecular flexibility index (Phi) is 11.4. The molecule has 7 aromatic carbocycles. The van der Waals surface area contributed by atoms with E-state index >= 15 is 39.5 Å². The van der Waals surface area contributed by atoms with Crippen molar-refractivity contribution >= 4 is 57.2 Å². The number of rotatable bonds is 8. The van der Waals surface area contributed by atoms with Gasteiger partial charge in [0.05, 0.1) is 33.6 Å². The van der Waals surface area contributed by atoms with Crippen LogP contribution < -0.4 is 9.80 Å². The topological polar surface area (TPSA) is 127 Å². The molecule has 4 heterocycles. The van der Waals surface area contributed by atoms with Crippen molar-refractivity contribution in [3.05, 3.63) is 200 Å². The lowest BCUT2D eigenvalue weighted by Crippen LogP contribution is -2.55. The van der Waals surface area contributed by atoms with E-state index in [1.54, 1.807) is 71.0 Å². The number of hydrogen-bond donors (Lipinski definition) is 0. The summed E-state index contributed by atoms with van der Waals surface area (Å²) in [6.45, 7) is 9.45. The first-order valence-corrected chi connectivity index (χ1v) is 24.0. The van der Waals surface area contributed by atoms with Crippen LogP contribution >= 0.6 is 0 Å². The lowest BCUT2D eigenvalue weighted by atomic mass is 9.71. The Hall–Kier alpha value is -8.87. The van der Waals surface area contributed by atoms with Crippen molar-refractivity contribution in [2.24, 2.45) is 0 Å². The van der Waals surface area contributed by atoms with Crippen molar-refractivity contribution in [3.8, 4) is 22.6 Å². The fraction of sp³-hybridized carbons (Fsp3) is 0.186. The Morgan fingerprint density at radius 1 is 0.436 bits per heavy atom. The van der Waals surface area contributed by atoms with E-state index in [4.69, 9.17) is 8.83 Å². The van der Waals surface area contributed by atoms with E-state index in [2.05, 4.69) is 9.97 Å². The normalized spacial score (nSPS) is 15.0. The summed E-state index contributed by atoms with van der Waals surface area (Å²) >= 11 is 0. The van der Waals surface area contributed by atoms with E-state index in [0.29, 0.717) is 74.5 Å². The SMILES string of the molecule is Cc1nc2cc(C(C)(c3ccc4oc(-c5cccc(-c6cccc(N7C(=O)c8ccc(C(c9ccc%10c(c9)C(=O)N(c9c(C)cc(C)c(C)c9C)C%10=O)(C(F)(F)F)C(F)(F)F)cc8C7=O)c6)c5)nc4c3)C(F)(F)F)ccc2o1. The van der Waals surface area contributed by atoms with Crippen LogP contribution in [0.2, 0.25) is 0 Å². The summed E-state index contributed by atoms with van der Waals surface area (Å²) in [7, 11) is 0. The van der Waals surface area contributed by atoms with Crippen LogP contribution in [0, 0.1) is 34.6 Å². The Morgan fingerprint density at radius 2 is 0.923 bits per heavy atom. The molecule has 2 aliphatic heterocycles. The summed E-state index contributed by atoms with van der Waals surface area (Å²) in [5.74, 6) is -4.02. The molecule has 0 bridgehead atoms. The summed E-state index contributed by atoms with van der Waals surface area (Å²) < 4.78 is 151. The molecule has 394 valence electrons. The van der Waals surface area contributed by atoms with Crippen molar-refractivity contribution in [2.45, 2.75) is 70.9 Å². The lowest BCUT2D eigenvalue weighted by molar-refractivity contribution is -0.288. The molecule has 2 aromatic heterocycles. The first-order chi connectivity index (χ1) is 36.6. The van der Waals surface area contributed by atoms with Crippen molar-refractivity contribution in [2.75, 3.05) is 9.80 Å². The van der Waals surface area contributed by atoms with Crippen LogP contribution in [0.15, 0.2) is 136 Å². The highest BCUT2D eigenvalue weighted by Gasteiger charge is 2.73. The summed E-state index contributed by atoms with van der Waals surface area (Å²) in [6.07, 6.45) is -17.1. The van der Waals surface area contributed by atoms with Crippen LogP contribution in [0.3, 0.4) is 0 Å². The molecule has 10 nitrogen and oxygen atoms in total. The van der Waals surface area contributed by atoms with E-state index < -0.39 is 86.4 Å². The fourth-order valence-electron chi connectivity index (χ4n) is 10.8. The van der Waals surface area contributed by atoms with Crippen molar-refractivity contribution in [1.29, 1.82) is 0 Å². The van der Waals surface area contributed by atoms with E-state index in [-0.39, 0.29) is 45.0 Å². The zero-order chi connectivity index (χ0) is 55.9. The number of benzene rings is 7. The van der Waals surface area contributed by atoms with Gasteiger partial charge in [-0.25, -0.2) is 19.8 Å². The number of amides is 4. The van der Waals surface area contributed by atoms with Crippen LogP contribution in [0.4, 0.5) is 50.9 Å². The molecule has 9 aromatic rings. The Labute approximate surface area is 436 Å². The third-order valence-electron chi connectivity index (χ3n) is 15.2. The predicted octanol–water partition coefficient (Wildman–Crippen LogP) is 14.7. The zero-order valence-electron chi connectivity index (χ0n) is 41.8. The number of anilines is 2. The van der Waals surface area contributed by atoms with Crippen molar-refractivity contribution < 1.29 is 67.5 Å². The minimum Gasteiger partial charge on any atom is -0.441 e. The van der Waals surface area contributed by atoms with Crippen molar-refractivity contribution in [3.63, 3.8) is 0 Å². The Morgan fingerprint density at radius 3 is 1.50 bits per heavy atom. The maximum atomic E-state index is 15.7. The van der Waals surface area contributed by atoms with Crippen LogP contribution in [0.25, 0.3) is 44.8 Å². The number of halogens is 9. The van der Waals surface area contributed by atoms with E-state index in [9.17, 15) is 19.2 Å². The minimum absolute atomic E-state index is 0.0303. The standard InChI is InChI=1S/C59H39F9N4O6/c1-28-21-29(2)49(31(4)30(28)3)72-52(74)42-18-14-39(25-44(42)54(72)76)56(58(63,64)65,59(66,67)68)38-13-17-41-43(24-38)53(75)71(51(41)73)40-12-8-10-34(23-40)33-9-7-11-35(22-33)50-70-46-27-37(16-20-48(46)78-50)55(6,57(60,61)62)36-15-19-47-45(26-36)69-32(5)77-47/h7-27H,1-6H3. The van der Waals surface area contributed by atoms with Gasteiger partial charge in [-0.1, -0.05) is 54.6 Å². The number of aromatic nitrogens is 2. The Bertz CT molecular complexity index is 4080. The summed E-state index contributed by atoms with van der Waals surface area (Å²) in [4.78, 5) is 66.1. The van der Waals surface area contributed by atoms with E-state index in [0.717, 1.165) is 29.0 Å². The second-order valence-electron chi connectivity index (χ2n) is 19.6. The molecule has 1 atom stereocenters. The molecule has 0 fully saturated rings. The number of carbonyl (C=O) groups excluding carboxylic acids is 4. The molecule has 0 spiro atoms. The molecule has 2 aliphatic rings. The fourth-order valence-corrected chi connectivity index (χ4v) is 10.8. The van der Waals surface area contributed by atoms with E-state index in [1.165, 1.54) is 54.6 Å². The first kappa shape index (κ1) is 51.2. The molecule has 0 saturated carbocycles. The van der Waals surface area contributed by atoms with Gasteiger partial charge in [0.2, 0.25) is 11.3 Å². The Balaban J connectivity index is 0.910. The molecule has 0 saturated heterocycles. The number of aryl methyl sites for hydroxylation is 3. The number of oxazole rings is 2. The monoisotopic (exact) mass is 1070 g/mol. The number of hydrogen-bond acceptors (Lipinski definition) is 8. The van der Waals surface area contributed by atoms with Gasteiger partial charge in [0, 0.05) is 12.5 Å².